The number of Topliss-reactive ketones (excluding diaryl/α,β-unsaturated/α-hetero) is 1. The van der Waals surface area contributed by atoms with Gasteiger partial charge in [-0.05, 0) is 104 Å². The largest absolute Gasteiger partial charge is 0.504 e. The van der Waals surface area contributed by atoms with Crippen LogP contribution < -0.4 is 20.5 Å². The molecule has 6 atom stereocenters. The van der Waals surface area contributed by atoms with Crippen LogP contribution in [0.15, 0.2) is 66.7 Å². The molecule has 0 unspecified atom stereocenters. The molecule has 3 aromatic rings. The van der Waals surface area contributed by atoms with Crippen LogP contribution in [-0.4, -0.2) is 58.2 Å². The normalized spacial score (nSPS) is 27.0. The lowest BCUT2D eigenvalue weighted by atomic mass is 9.52. The lowest BCUT2D eigenvalue weighted by Crippen LogP contribution is -2.51. The van der Waals surface area contributed by atoms with Crippen molar-refractivity contribution in [1.29, 1.82) is 0 Å². The number of ketones is 1. The van der Waals surface area contributed by atoms with Gasteiger partial charge in [0.15, 0.2) is 23.0 Å². The van der Waals surface area contributed by atoms with E-state index in [-0.39, 0.29) is 83.0 Å². The number of carbonyl (C=O) groups excluding carboxylic acids is 1. The Hall–Kier alpha value is -4.05. The third-order valence-electron chi connectivity index (χ3n) is 14.2. The van der Waals surface area contributed by atoms with Gasteiger partial charge < -0.3 is 35.2 Å². The molecule has 3 fully saturated rings. The molecule has 1 heterocycles. The molecule has 5 aliphatic carbocycles. The number of aromatic hydroxyl groups is 3. The second-order valence-corrected chi connectivity index (χ2v) is 17.2. The maximum absolute atomic E-state index is 13.7. The van der Waals surface area contributed by atoms with Crippen molar-refractivity contribution >= 4 is 5.78 Å². The van der Waals surface area contributed by atoms with Crippen molar-refractivity contribution in [1.82, 2.24) is 5.32 Å². The smallest absolute Gasteiger partial charge is 0.200 e. The molecule has 2 saturated carbocycles. The van der Waals surface area contributed by atoms with Crippen molar-refractivity contribution in [3.8, 4) is 28.7 Å². The highest BCUT2D eigenvalue weighted by Crippen LogP contribution is 2.64. The average molecular weight is 751 g/mol. The molecule has 1 saturated heterocycles. The van der Waals surface area contributed by atoms with Gasteiger partial charge in [0, 0.05) is 42.2 Å². The van der Waals surface area contributed by atoms with E-state index >= 15 is 0 Å². The van der Waals surface area contributed by atoms with Gasteiger partial charge in [0.1, 0.15) is 18.6 Å². The maximum Gasteiger partial charge on any atom is 0.200 e. The molecule has 2 bridgehead atoms. The molecular weight excluding hydrogens is 693 g/mol. The zero-order valence-corrected chi connectivity index (χ0v) is 31.9. The summed E-state index contributed by atoms with van der Waals surface area (Å²) in [6, 6.07) is 17.6. The Bertz CT molecular complexity index is 1870. The zero-order valence-electron chi connectivity index (χ0n) is 31.9. The fourth-order valence-corrected chi connectivity index (χ4v) is 11.6. The summed E-state index contributed by atoms with van der Waals surface area (Å²) < 4.78 is 12.4. The van der Waals surface area contributed by atoms with E-state index in [1.54, 1.807) is 24.3 Å². The number of aliphatic hydroxyl groups is 1. The summed E-state index contributed by atoms with van der Waals surface area (Å²) in [4.78, 5) is 13.7. The number of aliphatic hydroxyl groups excluding tert-OH is 1. The molecule has 0 aromatic heterocycles. The number of fused-ring (bicyclic) bond motifs is 2. The Kier molecular flexibility index (Phi) is 10.9. The van der Waals surface area contributed by atoms with Crippen molar-refractivity contribution in [3.63, 3.8) is 0 Å². The molecule has 9 nitrogen and oxygen atoms in total. The number of rotatable bonds is 12. The van der Waals surface area contributed by atoms with Crippen molar-refractivity contribution in [2.45, 2.75) is 119 Å². The van der Waals surface area contributed by atoms with Gasteiger partial charge in [-0.2, -0.15) is 0 Å². The number of piperidine rings is 1. The number of nitrogens with one attached hydrogen (secondary N) is 1. The van der Waals surface area contributed by atoms with Crippen LogP contribution in [0.4, 0.5) is 0 Å². The van der Waals surface area contributed by atoms with E-state index in [1.165, 1.54) is 24.8 Å². The van der Waals surface area contributed by atoms with Gasteiger partial charge in [-0.3, -0.25) is 10.5 Å². The van der Waals surface area contributed by atoms with E-state index in [0.717, 1.165) is 81.1 Å². The molecule has 9 rings (SSSR count). The van der Waals surface area contributed by atoms with E-state index in [4.69, 9.17) is 15.2 Å². The molecule has 294 valence electrons. The number of phenolic OH excluding ortho intramolecular Hbond substituents is 3. The summed E-state index contributed by atoms with van der Waals surface area (Å²) in [5.41, 5.74) is 9.41. The fourth-order valence-electron chi connectivity index (χ4n) is 11.6. The maximum atomic E-state index is 13.7. The second-order valence-electron chi connectivity index (χ2n) is 17.2. The van der Waals surface area contributed by atoms with E-state index in [1.807, 2.05) is 0 Å². The molecule has 6 aliphatic rings. The number of benzene rings is 3. The monoisotopic (exact) mass is 750 g/mol. The number of aryl methyl sites for hydroxylation is 1. The van der Waals surface area contributed by atoms with Crippen molar-refractivity contribution in [3.05, 3.63) is 89.0 Å². The highest BCUT2D eigenvalue weighted by molar-refractivity contribution is 5.79. The molecule has 55 heavy (non-hydrogen) atoms. The average Bonchev–Trinajstić information content (AvgIpc) is 3.50. The van der Waals surface area contributed by atoms with Crippen LogP contribution in [-0.2, 0) is 16.6 Å². The van der Waals surface area contributed by atoms with Crippen LogP contribution in [0.2, 0.25) is 0 Å². The van der Waals surface area contributed by atoms with Crippen LogP contribution in [0.25, 0.3) is 0 Å². The van der Waals surface area contributed by atoms with Gasteiger partial charge in [0.05, 0.1) is 6.10 Å². The molecule has 1 aliphatic heterocycles. The highest BCUT2D eigenvalue weighted by Gasteiger charge is 2.54. The number of nitrogens with two attached hydrogens (primary N) is 1. The number of carbonyl (C=O) groups is 1. The molecule has 3 aromatic carbocycles. The first-order valence-corrected chi connectivity index (χ1v) is 20.8. The molecular formula is C46H58N2O7. The first-order valence-electron chi connectivity index (χ1n) is 20.8. The van der Waals surface area contributed by atoms with Gasteiger partial charge in [0.2, 0.25) is 5.75 Å². The van der Waals surface area contributed by atoms with Crippen LogP contribution >= 0.6 is 0 Å². The van der Waals surface area contributed by atoms with Crippen LogP contribution in [0.1, 0.15) is 118 Å². The summed E-state index contributed by atoms with van der Waals surface area (Å²) in [5, 5.41) is 49.2. The summed E-state index contributed by atoms with van der Waals surface area (Å²) >= 11 is 0. The number of ether oxygens (including phenoxy) is 2. The van der Waals surface area contributed by atoms with E-state index in [2.05, 4.69) is 47.8 Å². The van der Waals surface area contributed by atoms with E-state index in [9.17, 15) is 25.2 Å². The molecule has 1 spiro atoms. The van der Waals surface area contributed by atoms with Crippen molar-refractivity contribution < 1.29 is 34.7 Å². The Morgan fingerprint density at radius 1 is 0.927 bits per heavy atom. The minimum absolute atomic E-state index is 0.00283. The molecule has 7 N–H and O–H groups in total. The Morgan fingerprint density at radius 3 is 2.45 bits per heavy atom. The van der Waals surface area contributed by atoms with Gasteiger partial charge >= 0.3 is 0 Å². The topological polar surface area (TPSA) is 154 Å². The van der Waals surface area contributed by atoms with Crippen molar-refractivity contribution in [2.24, 2.45) is 23.0 Å². The molecule has 9 heteroatoms. The third-order valence-corrected chi connectivity index (χ3v) is 14.2. The Balaban J connectivity index is 1.16. The quantitative estimate of drug-likeness (QED) is 0.0623. The van der Waals surface area contributed by atoms with Gasteiger partial charge in [-0.25, -0.2) is 0 Å². The summed E-state index contributed by atoms with van der Waals surface area (Å²) in [7, 11) is 0. The summed E-state index contributed by atoms with van der Waals surface area (Å²) in [6.45, 7) is 1.67. The molecule has 0 amide bonds. The van der Waals surface area contributed by atoms with Crippen LogP contribution in [0, 0.1) is 17.3 Å². The minimum atomic E-state index is -0.959. The fraction of sp³-hybridized carbons (Fsp3) is 0.543. The van der Waals surface area contributed by atoms with Crippen LogP contribution in [0.5, 0.6) is 28.7 Å². The molecule has 0 radical (unpaired) electrons. The minimum Gasteiger partial charge on any atom is -0.504 e. The Labute approximate surface area is 325 Å². The predicted octanol–water partition coefficient (Wildman–Crippen LogP) is 7.63. The number of allylic oxidation sites excluding steroid dienone is 1. The zero-order chi connectivity index (χ0) is 38.2. The first kappa shape index (κ1) is 37.9. The second kappa shape index (κ2) is 15.8. The summed E-state index contributed by atoms with van der Waals surface area (Å²) in [6.07, 6.45) is 15.6. The predicted molar refractivity (Wildman–Crippen MR) is 212 cm³/mol. The summed E-state index contributed by atoms with van der Waals surface area (Å²) in [5.74, 6) is -0.340. The lowest BCUT2D eigenvalue weighted by Gasteiger charge is -2.52. The van der Waals surface area contributed by atoms with E-state index < -0.39 is 12.0 Å². The van der Waals surface area contributed by atoms with E-state index in [0.29, 0.717) is 12.2 Å². The Morgan fingerprint density at radius 2 is 1.69 bits per heavy atom. The number of hydrogen-bond acceptors (Lipinski definition) is 9. The van der Waals surface area contributed by atoms with Crippen LogP contribution in [0.3, 0.4) is 0 Å². The SMILES string of the molecule is NCOc1cc(CCC(=O)C[C@H](O)[C@@H]2C=C[C@@H]3C[C@@H](C4(c5ccccc5)CCCCC4)[C@@H]2c2cc(O)c(O)c(O[C@H]4CCNCC45CCCC5)c23)ccc1O. The van der Waals surface area contributed by atoms with Gasteiger partial charge in [-0.15, -0.1) is 0 Å². The standard InChI is InChI=1S/C46H58N2O7/c47-28-54-39-23-29(12-16-36(39)50)11-14-32(49)25-37(51)33-15-13-30-24-35(46(20-5-2-6-21-46)31-9-3-1-4-10-31)42(33)34-26-38(52)43(53)44(41(30)34)55-40-17-22-48-27-45(40)18-7-8-19-45/h1,3-4,9-10,12-13,15-16,23,26,30,33,35,37,40,42,48,50-53H,2,5-8,11,14,17-22,24-25,27-28,47H2/t30-,33+,35-,37+,40+,42+/m1/s1. The van der Waals surface area contributed by atoms with Gasteiger partial charge in [-0.1, -0.05) is 80.7 Å². The highest BCUT2D eigenvalue weighted by atomic mass is 16.5. The number of phenols is 3. The first-order chi connectivity index (χ1) is 26.7. The van der Waals surface area contributed by atoms with Crippen molar-refractivity contribution in [2.75, 3.05) is 19.8 Å². The lowest BCUT2D eigenvalue weighted by molar-refractivity contribution is -0.121. The van der Waals surface area contributed by atoms with Gasteiger partial charge in [0.25, 0.3) is 0 Å². The third kappa shape index (κ3) is 7.13. The number of hydrogen-bond donors (Lipinski definition) is 6.